The minimum atomic E-state index is -0.562. The summed E-state index contributed by atoms with van der Waals surface area (Å²) in [6.45, 7) is 0.861. The molecule has 0 amide bonds. The Morgan fingerprint density at radius 1 is 1.57 bits per heavy atom. The van der Waals surface area contributed by atoms with Crippen LogP contribution in [0.5, 0.6) is 5.75 Å². The van der Waals surface area contributed by atoms with Gasteiger partial charge in [-0.25, -0.2) is 4.39 Å². The Morgan fingerprint density at radius 2 is 2.29 bits per heavy atom. The lowest BCUT2D eigenvalue weighted by atomic mass is 10.1. The number of carbonyl (C=O) groups is 1. The first kappa shape index (κ1) is 11.2. The van der Waals surface area contributed by atoms with E-state index < -0.39 is 6.67 Å². The second-order valence-corrected chi connectivity index (χ2v) is 3.65. The fourth-order valence-electron chi connectivity index (χ4n) is 1.05. The molecule has 0 heterocycles. The van der Waals surface area contributed by atoms with Crippen molar-refractivity contribution in [3.05, 3.63) is 28.2 Å². The predicted octanol–water partition coefficient (Wildman–Crippen LogP) is 3.00. The molecule has 2 nitrogen and oxygen atoms in total. The second-order valence-electron chi connectivity index (χ2n) is 2.73. The molecule has 14 heavy (non-hydrogen) atoms. The van der Waals surface area contributed by atoms with Gasteiger partial charge < -0.3 is 4.74 Å². The van der Waals surface area contributed by atoms with E-state index in [-0.39, 0.29) is 12.4 Å². The van der Waals surface area contributed by atoms with Crippen molar-refractivity contribution >= 4 is 21.7 Å². The number of benzene rings is 1. The van der Waals surface area contributed by atoms with Crippen molar-refractivity contribution in [2.45, 2.75) is 6.92 Å². The molecule has 4 heteroatoms. The van der Waals surface area contributed by atoms with E-state index in [4.69, 9.17) is 4.74 Å². The Bertz CT molecular complexity index is 339. The predicted molar refractivity (Wildman–Crippen MR) is 55.6 cm³/mol. The van der Waals surface area contributed by atoms with Gasteiger partial charge in [0.15, 0.2) is 5.78 Å². The molecule has 0 aliphatic rings. The number of carbonyl (C=O) groups excluding carboxylic acids is 1. The maximum absolute atomic E-state index is 11.9. The average Bonchev–Trinajstić information content (AvgIpc) is 2.15. The lowest BCUT2D eigenvalue weighted by Gasteiger charge is -2.08. The largest absolute Gasteiger partial charge is 0.490 e. The minimum absolute atomic E-state index is 0.0259. The lowest BCUT2D eigenvalue weighted by Crippen LogP contribution is -2.03. The van der Waals surface area contributed by atoms with Crippen molar-refractivity contribution in [1.29, 1.82) is 0 Å². The molecule has 0 saturated carbocycles. The Hall–Kier alpha value is -0.900. The van der Waals surface area contributed by atoms with E-state index in [9.17, 15) is 9.18 Å². The van der Waals surface area contributed by atoms with Crippen LogP contribution < -0.4 is 4.74 Å². The molecule has 0 atom stereocenters. The van der Waals surface area contributed by atoms with Crippen LogP contribution >= 0.6 is 15.9 Å². The second kappa shape index (κ2) is 5.10. The summed E-state index contributed by atoms with van der Waals surface area (Å²) in [5.74, 6) is 0.332. The van der Waals surface area contributed by atoms with Gasteiger partial charge in [0.05, 0.1) is 5.56 Å². The van der Waals surface area contributed by atoms with Gasteiger partial charge in [0, 0.05) is 4.47 Å². The smallest absolute Gasteiger partial charge is 0.163 e. The highest BCUT2D eigenvalue weighted by Gasteiger charge is 2.08. The minimum Gasteiger partial charge on any atom is -0.490 e. The fraction of sp³-hybridized carbons (Fsp3) is 0.300. The lowest BCUT2D eigenvalue weighted by molar-refractivity contribution is 0.101. The molecule has 0 fully saturated rings. The monoisotopic (exact) mass is 260 g/mol. The molecule has 1 aromatic rings. The van der Waals surface area contributed by atoms with Gasteiger partial charge in [-0.05, 0) is 25.1 Å². The first-order valence-electron chi connectivity index (χ1n) is 4.14. The highest BCUT2D eigenvalue weighted by atomic mass is 79.9. The van der Waals surface area contributed by atoms with Crippen LogP contribution in [-0.2, 0) is 0 Å². The van der Waals surface area contributed by atoms with E-state index in [1.807, 2.05) is 0 Å². The number of halogens is 2. The van der Waals surface area contributed by atoms with Crippen LogP contribution in [0.3, 0.4) is 0 Å². The van der Waals surface area contributed by atoms with E-state index in [0.717, 1.165) is 4.47 Å². The highest BCUT2D eigenvalue weighted by molar-refractivity contribution is 9.10. The molecule has 0 bridgehead atoms. The molecular formula is C10H10BrFO2. The van der Waals surface area contributed by atoms with Crippen LogP contribution in [0.1, 0.15) is 17.3 Å². The third kappa shape index (κ3) is 2.80. The SMILES string of the molecule is CC(=O)c1cc(Br)ccc1OCCF. The van der Waals surface area contributed by atoms with Gasteiger partial charge in [0.1, 0.15) is 19.0 Å². The van der Waals surface area contributed by atoms with Crippen molar-refractivity contribution in [1.82, 2.24) is 0 Å². The number of rotatable bonds is 4. The van der Waals surface area contributed by atoms with Crippen molar-refractivity contribution in [3.63, 3.8) is 0 Å². The summed E-state index contributed by atoms with van der Waals surface area (Å²) >= 11 is 3.25. The summed E-state index contributed by atoms with van der Waals surface area (Å²) < 4.78 is 17.8. The highest BCUT2D eigenvalue weighted by Crippen LogP contribution is 2.23. The van der Waals surface area contributed by atoms with E-state index in [1.165, 1.54) is 6.92 Å². The number of hydrogen-bond acceptors (Lipinski definition) is 2. The van der Waals surface area contributed by atoms with Crippen LogP contribution in [-0.4, -0.2) is 19.1 Å². The Labute approximate surface area is 90.2 Å². The third-order valence-electron chi connectivity index (χ3n) is 1.66. The molecule has 0 N–H and O–H groups in total. The summed E-state index contributed by atoms with van der Waals surface area (Å²) in [4.78, 5) is 11.2. The van der Waals surface area contributed by atoms with Crippen LogP contribution in [0.4, 0.5) is 4.39 Å². The molecule has 0 spiro atoms. The summed E-state index contributed by atoms with van der Waals surface area (Å²) in [7, 11) is 0. The zero-order chi connectivity index (χ0) is 10.6. The van der Waals surface area contributed by atoms with E-state index in [0.29, 0.717) is 11.3 Å². The molecule has 1 aromatic carbocycles. The molecule has 0 aromatic heterocycles. The summed E-state index contributed by atoms with van der Waals surface area (Å²) in [5, 5.41) is 0. The van der Waals surface area contributed by atoms with Crippen LogP contribution in [0.15, 0.2) is 22.7 Å². The summed E-state index contributed by atoms with van der Waals surface area (Å²) in [6.07, 6.45) is 0. The van der Waals surface area contributed by atoms with E-state index >= 15 is 0 Å². The van der Waals surface area contributed by atoms with Gasteiger partial charge in [0.2, 0.25) is 0 Å². The fourth-order valence-corrected chi connectivity index (χ4v) is 1.41. The zero-order valence-corrected chi connectivity index (χ0v) is 9.30. The number of hydrogen-bond donors (Lipinski definition) is 0. The summed E-state index contributed by atoms with van der Waals surface area (Å²) in [5.41, 5.74) is 0.466. The Kier molecular flexibility index (Phi) is 4.07. The maximum Gasteiger partial charge on any atom is 0.163 e. The molecule has 1 rings (SSSR count). The molecule has 0 aliphatic carbocycles. The summed E-state index contributed by atoms with van der Waals surface area (Å²) in [6, 6.07) is 5.06. The molecule has 0 aliphatic heterocycles. The molecule has 76 valence electrons. The van der Waals surface area contributed by atoms with Gasteiger partial charge in [0.25, 0.3) is 0 Å². The first-order chi connectivity index (χ1) is 6.65. The van der Waals surface area contributed by atoms with Crippen molar-refractivity contribution in [2.24, 2.45) is 0 Å². The molecule has 0 radical (unpaired) electrons. The topological polar surface area (TPSA) is 26.3 Å². The third-order valence-corrected chi connectivity index (χ3v) is 2.15. The number of alkyl halides is 1. The Balaban J connectivity index is 2.96. The standard InChI is InChI=1S/C10H10BrFO2/c1-7(13)9-6-8(11)2-3-10(9)14-5-4-12/h2-3,6H,4-5H2,1H3. The molecular weight excluding hydrogens is 251 g/mol. The van der Waals surface area contributed by atoms with Crippen molar-refractivity contribution < 1.29 is 13.9 Å². The van der Waals surface area contributed by atoms with Gasteiger partial charge in [-0.15, -0.1) is 0 Å². The quantitative estimate of drug-likeness (QED) is 0.779. The van der Waals surface area contributed by atoms with E-state index in [1.54, 1.807) is 18.2 Å². The van der Waals surface area contributed by atoms with E-state index in [2.05, 4.69) is 15.9 Å². The normalized spacial score (nSPS) is 9.93. The van der Waals surface area contributed by atoms with Crippen LogP contribution in [0.25, 0.3) is 0 Å². The number of ether oxygens (including phenoxy) is 1. The van der Waals surface area contributed by atoms with Crippen molar-refractivity contribution in [2.75, 3.05) is 13.3 Å². The van der Waals surface area contributed by atoms with Gasteiger partial charge >= 0.3 is 0 Å². The zero-order valence-electron chi connectivity index (χ0n) is 7.72. The van der Waals surface area contributed by atoms with Gasteiger partial charge in [-0.1, -0.05) is 15.9 Å². The van der Waals surface area contributed by atoms with Crippen LogP contribution in [0.2, 0.25) is 0 Å². The Morgan fingerprint density at radius 3 is 2.86 bits per heavy atom. The van der Waals surface area contributed by atoms with Crippen molar-refractivity contribution in [3.8, 4) is 5.75 Å². The first-order valence-corrected chi connectivity index (χ1v) is 4.93. The average molecular weight is 261 g/mol. The maximum atomic E-state index is 11.9. The van der Waals surface area contributed by atoms with Crippen LogP contribution in [0, 0.1) is 0 Å². The van der Waals surface area contributed by atoms with Gasteiger partial charge in [-0.3, -0.25) is 4.79 Å². The number of ketones is 1. The molecule has 0 saturated heterocycles. The molecule has 0 unspecified atom stereocenters. The number of Topliss-reactive ketones (excluding diaryl/α,β-unsaturated/α-hetero) is 1. The van der Waals surface area contributed by atoms with Gasteiger partial charge in [-0.2, -0.15) is 0 Å².